The van der Waals surface area contributed by atoms with Crippen LogP contribution in [0.25, 0.3) is 0 Å². The Bertz CT molecular complexity index is 1170. The zero-order valence-corrected chi connectivity index (χ0v) is 22.2. The minimum absolute atomic E-state index is 0.0290. The number of hydrogen-bond donors (Lipinski definition) is 2. The maximum atomic E-state index is 6.10. The number of ether oxygens (including phenoxy) is 2. The Hall–Kier alpha value is -3.23. The lowest BCUT2D eigenvalue weighted by Gasteiger charge is -2.38. The topological polar surface area (TPSA) is 71.5 Å². The van der Waals surface area contributed by atoms with Crippen LogP contribution in [0.1, 0.15) is 44.6 Å². The Morgan fingerprint density at radius 3 is 2.51 bits per heavy atom. The molecule has 2 aliphatic heterocycles. The first-order chi connectivity index (χ1) is 18.1. The van der Waals surface area contributed by atoms with Crippen molar-refractivity contribution >= 4 is 29.1 Å². The van der Waals surface area contributed by atoms with Crippen LogP contribution in [0.3, 0.4) is 0 Å². The highest BCUT2D eigenvalue weighted by atomic mass is 32.1. The molecule has 5 rings (SSSR count). The first-order valence-electron chi connectivity index (χ1n) is 13.2. The summed E-state index contributed by atoms with van der Waals surface area (Å²) in [6.07, 6.45) is 5.43. The van der Waals surface area contributed by atoms with Gasteiger partial charge in [0.25, 0.3) is 0 Å². The van der Waals surface area contributed by atoms with Gasteiger partial charge in [-0.2, -0.15) is 9.97 Å². The summed E-state index contributed by atoms with van der Waals surface area (Å²) in [6, 6.07) is 22.7. The van der Waals surface area contributed by atoms with Gasteiger partial charge in [0.1, 0.15) is 11.6 Å². The summed E-state index contributed by atoms with van der Waals surface area (Å²) in [5.74, 6) is 2.50. The molecule has 0 bridgehead atoms. The fourth-order valence-corrected chi connectivity index (χ4v) is 5.40. The molecule has 3 heterocycles. The third-order valence-electron chi connectivity index (χ3n) is 7.40. The van der Waals surface area contributed by atoms with Crippen molar-refractivity contribution in [2.45, 2.75) is 50.5 Å². The highest BCUT2D eigenvalue weighted by Gasteiger charge is 2.34. The number of nitrogens with zero attached hydrogens (tertiary/aromatic N) is 3. The van der Waals surface area contributed by atoms with Gasteiger partial charge in [-0.25, -0.2) is 0 Å². The molecule has 1 atom stereocenters. The molecule has 2 N–H and O–H groups in total. The highest BCUT2D eigenvalue weighted by Crippen LogP contribution is 2.34. The van der Waals surface area contributed by atoms with Gasteiger partial charge >= 0.3 is 0 Å². The van der Waals surface area contributed by atoms with Crippen molar-refractivity contribution in [2.24, 2.45) is 0 Å². The van der Waals surface area contributed by atoms with Gasteiger partial charge in [-0.15, -0.1) is 0 Å². The first-order valence-corrected chi connectivity index (χ1v) is 13.6. The van der Waals surface area contributed by atoms with Crippen LogP contribution in [0.4, 0.5) is 11.8 Å². The quantitative estimate of drug-likeness (QED) is 0.388. The lowest BCUT2D eigenvalue weighted by molar-refractivity contribution is 0.0515. The highest BCUT2D eigenvalue weighted by molar-refractivity contribution is 7.80. The molecule has 0 radical (unpaired) electrons. The smallest absolute Gasteiger partial charge is 0.234 e. The third kappa shape index (κ3) is 6.37. The Labute approximate surface area is 224 Å². The lowest BCUT2D eigenvalue weighted by atomic mass is 9.74. The number of anilines is 2. The van der Waals surface area contributed by atoms with Crippen LogP contribution in [0, 0.1) is 0 Å². The minimum Gasteiger partial charge on any atom is -0.439 e. The van der Waals surface area contributed by atoms with Crippen LogP contribution in [-0.4, -0.2) is 47.4 Å². The van der Waals surface area contributed by atoms with E-state index in [1.807, 2.05) is 36.4 Å². The van der Waals surface area contributed by atoms with Crippen LogP contribution in [0.5, 0.6) is 11.6 Å². The molecule has 0 unspecified atom stereocenters. The van der Waals surface area contributed by atoms with E-state index < -0.39 is 0 Å². The van der Waals surface area contributed by atoms with Gasteiger partial charge in [0.05, 0.1) is 0 Å². The fraction of sp³-hybridized carbons (Fsp3) is 0.414. The summed E-state index contributed by atoms with van der Waals surface area (Å²) in [5, 5.41) is 7.17. The van der Waals surface area contributed by atoms with Gasteiger partial charge in [0.15, 0.2) is 5.11 Å². The van der Waals surface area contributed by atoms with Crippen LogP contribution >= 0.6 is 12.2 Å². The molecule has 0 spiro atoms. The summed E-state index contributed by atoms with van der Waals surface area (Å²) in [5.41, 5.74) is 1.28. The van der Waals surface area contributed by atoms with Gasteiger partial charge in [0.2, 0.25) is 11.8 Å². The first kappa shape index (κ1) is 25.4. The van der Waals surface area contributed by atoms with Crippen molar-refractivity contribution in [3.63, 3.8) is 0 Å². The molecule has 0 saturated carbocycles. The molecular weight excluding hydrogens is 482 g/mol. The summed E-state index contributed by atoms with van der Waals surface area (Å²) in [7, 11) is 0. The molecule has 2 aliphatic rings. The number of rotatable bonds is 7. The van der Waals surface area contributed by atoms with Crippen LogP contribution < -0.4 is 20.3 Å². The van der Waals surface area contributed by atoms with E-state index in [0.29, 0.717) is 29.5 Å². The number of aromatic nitrogens is 2. The number of piperidine rings is 1. The van der Waals surface area contributed by atoms with Crippen molar-refractivity contribution in [3.05, 3.63) is 72.3 Å². The number of hydrogen-bond acceptors (Lipinski definition) is 6. The zero-order chi connectivity index (χ0) is 25.5. The number of nitrogens with one attached hydrogen (secondary N) is 2. The van der Waals surface area contributed by atoms with E-state index in [1.165, 1.54) is 12.0 Å². The second kappa shape index (κ2) is 11.9. The molecule has 0 amide bonds. The summed E-state index contributed by atoms with van der Waals surface area (Å²) < 4.78 is 11.8. The zero-order valence-electron chi connectivity index (χ0n) is 21.4. The number of para-hydroxylation sites is 1. The van der Waals surface area contributed by atoms with Gasteiger partial charge in [-0.1, -0.05) is 48.5 Å². The van der Waals surface area contributed by atoms with E-state index in [-0.39, 0.29) is 5.41 Å². The number of benzene rings is 2. The Morgan fingerprint density at radius 2 is 1.78 bits per heavy atom. The van der Waals surface area contributed by atoms with Crippen LogP contribution in [0.2, 0.25) is 0 Å². The van der Waals surface area contributed by atoms with E-state index in [0.717, 1.165) is 57.0 Å². The molecule has 3 aromatic rings. The monoisotopic (exact) mass is 517 g/mol. The largest absolute Gasteiger partial charge is 0.439 e. The van der Waals surface area contributed by atoms with E-state index in [4.69, 9.17) is 26.7 Å². The molecule has 194 valence electrons. The van der Waals surface area contributed by atoms with E-state index in [1.54, 1.807) is 0 Å². The van der Waals surface area contributed by atoms with E-state index in [9.17, 15) is 0 Å². The average Bonchev–Trinajstić information content (AvgIpc) is 2.94. The van der Waals surface area contributed by atoms with Crippen molar-refractivity contribution < 1.29 is 9.47 Å². The number of thiocarbonyl (C=S) groups is 1. The molecule has 2 aromatic carbocycles. The second-order valence-corrected chi connectivity index (χ2v) is 10.3. The van der Waals surface area contributed by atoms with Crippen molar-refractivity contribution in [1.29, 1.82) is 0 Å². The predicted octanol–water partition coefficient (Wildman–Crippen LogP) is 5.68. The SMILES string of the molecule is C[C@@H]1CCCCN1c1cc(Oc2ccccc2)nc(NC(=S)NCC2(c3ccccc3)CCOCC2)n1. The van der Waals surface area contributed by atoms with Gasteiger partial charge in [-0.3, -0.25) is 0 Å². The normalized spacial score (nSPS) is 19.2. The van der Waals surface area contributed by atoms with Crippen LogP contribution in [-0.2, 0) is 10.2 Å². The molecule has 8 heteroatoms. The molecule has 2 fully saturated rings. The van der Waals surface area contributed by atoms with Gasteiger partial charge in [0, 0.05) is 43.8 Å². The second-order valence-electron chi connectivity index (χ2n) is 9.91. The molecule has 0 aliphatic carbocycles. The molecule has 1 aromatic heterocycles. The van der Waals surface area contributed by atoms with E-state index in [2.05, 4.69) is 57.8 Å². The summed E-state index contributed by atoms with van der Waals surface area (Å²) >= 11 is 5.71. The maximum absolute atomic E-state index is 6.10. The molecule has 2 saturated heterocycles. The molecule has 37 heavy (non-hydrogen) atoms. The Kier molecular flexibility index (Phi) is 8.16. The standard InChI is InChI=1S/C29H35N5O2S/c1-22-10-8-9-17-34(22)25-20-26(36-24-13-6-3-7-14-24)32-27(31-25)33-28(37)30-21-29(15-18-35-19-16-29)23-11-4-2-5-12-23/h2-7,11-14,20,22H,8-10,15-19,21H2,1H3,(H2,30,31,32,33,37)/t22-/m1/s1. The summed E-state index contributed by atoms with van der Waals surface area (Å²) in [6.45, 7) is 5.41. The minimum atomic E-state index is -0.0290. The predicted molar refractivity (Wildman–Crippen MR) is 152 cm³/mol. The molecule has 7 nitrogen and oxygen atoms in total. The lowest BCUT2D eigenvalue weighted by Crippen LogP contribution is -2.45. The third-order valence-corrected chi connectivity index (χ3v) is 7.65. The molecular formula is C29H35N5O2S. The van der Waals surface area contributed by atoms with Crippen molar-refractivity contribution in [1.82, 2.24) is 15.3 Å². The van der Waals surface area contributed by atoms with Crippen LogP contribution in [0.15, 0.2) is 66.7 Å². The van der Waals surface area contributed by atoms with Crippen molar-refractivity contribution in [3.8, 4) is 11.6 Å². The average molecular weight is 518 g/mol. The maximum Gasteiger partial charge on any atom is 0.234 e. The Balaban J connectivity index is 1.33. The van der Waals surface area contributed by atoms with Crippen molar-refractivity contribution in [2.75, 3.05) is 36.5 Å². The van der Waals surface area contributed by atoms with Gasteiger partial charge in [-0.05, 0) is 68.9 Å². The Morgan fingerprint density at radius 1 is 1.05 bits per heavy atom. The fourth-order valence-electron chi connectivity index (χ4n) is 5.23. The van der Waals surface area contributed by atoms with E-state index >= 15 is 0 Å². The summed E-state index contributed by atoms with van der Waals surface area (Å²) in [4.78, 5) is 11.8. The van der Waals surface area contributed by atoms with Gasteiger partial charge < -0.3 is 25.0 Å².